The third-order valence-electron chi connectivity index (χ3n) is 7.90. The first-order chi connectivity index (χ1) is 21.4. The molecule has 0 radical (unpaired) electrons. The highest BCUT2D eigenvalue weighted by molar-refractivity contribution is 9.10. The molecular weight excluding hydrogens is 679 g/mol. The van der Waals surface area contributed by atoms with Crippen LogP contribution in [0.4, 0.5) is 0 Å². The van der Waals surface area contributed by atoms with Gasteiger partial charge in [-0.1, -0.05) is 83.1 Å². The van der Waals surface area contributed by atoms with E-state index in [9.17, 15) is 4.79 Å². The van der Waals surface area contributed by atoms with Crippen molar-refractivity contribution in [2.75, 3.05) is 7.11 Å². The Hall–Kier alpha value is -3.62. The van der Waals surface area contributed by atoms with E-state index >= 15 is 0 Å². The third-order valence-corrected chi connectivity index (χ3v) is 9.98. The van der Waals surface area contributed by atoms with Crippen LogP contribution in [0.5, 0.6) is 11.5 Å². The number of fused-ring (bicyclic) bond motifs is 3. The molecule has 7 rings (SSSR count). The summed E-state index contributed by atoms with van der Waals surface area (Å²) in [5, 5.41) is 1.33. The van der Waals surface area contributed by atoms with E-state index in [-0.39, 0.29) is 11.6 Å². The quantitative estimate of drug-likeness (QED) is 0.180. The summed E-state index contributed by atoms with van der Waals surface area (Å²) < 4.78 is 14.9. The van der Waals surface area contributed by atoms with E-state index in [0.717, 1.165) is 50.8 Å². The van der Waals surface area contributed by atoms with Crippen molar-refractivity contribution in [1.82, 2.24) is 4.57 Å². The van der Waals surface area contributed by atoms with Crippen molar-refractivity contribution in [2.45, 2.75) is 25.5 Å². The Morgan fingerprint density at radius 1 is 1.00 bits per heavy atom. The first-order valence-electron chi connectivity index (χ1n) is 14.0. The molecule has 4 aromatic carbocycles. The molecule has 0 spiro atoms. The van der Waals surface area contributed by atoms with Gasteiger partial charge in [-0.3, -0.25) is 9.36 Å². The molecule has 1 aliphatic heterocycles. The summed E-state index contributed by atoms with van der Waals surface area (Å²) in [6.07, 6.45) is 3.61. The summed E-state index contributed by atoms with van der Waals surface area (Å²) in [7, 11) is 1.60. The molecule has 0 saturated carbocycles. The van der Waals surface area contributed by atoms with Gasteiger partial charge in [-0.2, -0.15) is 0 Å². The first-order valence-corrected chi connectivity index (χ1v) is 16.4. The summed E-state index contributed by atoms with van der Waals surface area (Å²) in [6.45, 7) is 0.350. The smallest absolute Gasteiger partial charge is 0.271 e. The molecule has 0 saturated heterocycles. The van der Waals surface area contributed by atoms with Gasteiger partial charge < -0.3 is 9.47 Å². The van der Waals surface area contributed by atoms with Crippen LogP contribution >= 0.6 is 50.5 Å². The molecule has 1 aliphatic carbocycles. The Bertz CT molecular complexity index is 2120. The number of thiazole rings is 1. The molecule has 0 bridgehead atoms. The second-order valence-corrected chi connectivity index (χ2v) is 13.4. The summed E-state index contributed by atoms with van der Waals surface area (Å²) in [5.41, 5.74) is 7.23. The molecule has 1 atom stereocenters. The monoisotopic (exact) mass is 702 g/mol. The van der Waals surface area contributed by atoms with Gasteiger partial charge >= 0.3 is 0 Å². The topological polar surface area (TPSA) is 52.8 Å². The SMILES string of the molecule is COc1cc(/C=c2/sc3n(c2=O)[C@H](c2ccc(Cl)cc2)C2=C(N=3)c3ccccc3CC2)cc(Br)c1OCc1ccc(Cl)cc1. The number of benzene rings is 4. The van der Waals surface area contributed by atoms with Crippen molar-refractivity contribution >= 4 is 62.2 Å². The van der Waals surface area contributed by atoms with Gasteiger partial charge in [0.1, 0.15) is 6.61 Å². The number of hydrogen-bond donors (Lipinski definition) is 0. The highest BCUT2D eigenvalue weighted by Crippen LogP contribution is 2.41. The van der Waals surface area contributed by atoms with E-state index in [1.54, 1.807) is 7.11 Å². The summed E-state index contributed by atoms with van der Waals surface area (Å²) in [5.74, 6) is 1.13. The summed E-state index contributed by atoms with van der Waals surface area (Å²) in [6, 6.07) is 27.2. The zero-order chi connectivity index (χ0) is 30.4. The van der Waals surface area contributed by atoms with E-state index in [4.69, 9.17) is 37.7 Å². The molecule has 5 nitrogen and oxygen atoms in total. The van der Waals surface area contributed by atoms with Crippen LogP contribution in [-0.2, 0) is 13.0 Å². The maximum atomic E-state index is 14.1. The van der Waals surface area contributed by atoms with E-state index < -0.39 is 0 Å². The van der Waals surface area contributed by atoms with Crippen molar-refractivity contribution in [3.05, 3.63) is 153 Å². The highest BCUT2D eigenvalue weighted by Gasteiger charge is 2.32. The minimum atomic E-state index is -0.265. The van der Waals surface area contributed by atoms with Gasteiger partial charge in [-0.25, -0.2) is 4.99 Å². The number of allylic oxidation sites excluding steroid dienone is 1. The molecule has 9 heteroatoms. The molecule has 0 fully saturated rings. The number of methoxy groups -OCH3 is 1. The Kier molecular flexibility index (Phi) is 7.97. The first kappa shape index (κ1) is 29.1. The molecular formula is C35H25BrCl2N2O3S. The van der Waals surface area contributed by atoms with Gasteiger partial charge in [0.15, 0.2) is 16.3 Å². The van der Waals surface area contributed by atoms with E-state index in [2.05, 4.69) is 34.1 Å². The van der Waals surface area contributed by atoms with Crippen LogP contribution in [0.3, 0.4) is 0 Å². The lowest BCUT2D eigenvalue weighted by Crippen LogP contribution is -2.38. The van der Waals surface area contributed by atoms with E-state index in [0.29, 0.717) is 37.5 Å². The van der Waals surface area contributed by atoms with Crippen molar-refractivity contribution in [1.29, 1.82) is 0 Å². The molecule has 2 aliphatic rings. The number of halogens is 3. The number of ether oxygens (including phenoxy) is 2. The summed E-state index contributed by atoms with van der Waals surface area (Å²) >= 11 is 17.3. The maximum Gasteiger partial charge on any atom is 0.271 e. The van der Waals surface area contributed by atoms with Crippen LogP contribution < -0.4 is 24.4 Å². The maximum absolute atomic E-state index is 14.1. The number of aromatic nitrogens is 1. The second-order valence-electron chi connectivity index (χ2n) is 10.6. The van der Waals surface area contributed by atoms with E-state index in [1.807, 2.05) is 77.4 Å². The number of rotatable bonds is 6. The molecule has 0 unspecified atom stereocenters. The predicted octanol–water partition coefficient (Wildman–Crippen LogP) is 7.98. The molecule has 2 heterocycles. The minimum absolute atomic E-state index is 0.0859. The zero-order valence-electron chi connectivity index (χ0n) is 23.5. The van der Waals surface area contributed by atoms with Gasteiger partial charge in [0.25, 0.3) is 5.56 Å². The van der Waals surface area contributed by atoms with Crippen molar-refractivity contribution in [3.8, 4) is 11.5 Å². The standard InChI is InChI=1S/C35H25BrCl2N2O3S/c1-42-29-17-21(16-28(36)33(29)43-19-20-6-11-24(37)12-7-20)18-30-34(41)40-32(23-8-13-25(38)14-9-23)27-15-10-22-4-2-3-5-26(22)31(27)39-35(40)44-30/h2-9,11-14,16-18,32H,10,15,19H2,1H3/b30-18+/t32-/m1/s1. The average molecular weight is 704 g/mol. The largest absolute Gasteiger partial charge is 0.493 e. The minimum Gasteiger partial charge on any atom is -0.493 e. The van der Waals surface area contributed by atoms with Gasteiger partial charge in [0.05, 0.1) is 27.9 Å². The lowest BCUT2D eigenvalue weighted by molar-refractivity contribution is 0.282. The van der Waals surface area contributed by atoms with Crippen molar-refractivity contribution < 1.29 is 9.47 Å². The summed E-state index contributed by atoms with van der Waals surface area (Å²) in [4.78, 5) is 19.9. The van der Waals surface area contributed by atoms with Crippen LogP contribution in [0.15, 0.2) is 105 Å². The Morgan fingerprint density at radius 2 is 1.73 bits per heavy atom. The van der Waals surface area contributed by atoms with Gasteiger partial charge in [-0.15, -0.1) is 0 Å². The third kappa shape index (κ3) is 5.43. The van der Waals surface area contributed by atoms with Crippen LogP contribution in [0.2, 0.25) is 10.0 Å². The predicted molar refractivity (Wildman–Crippen MR) is 181 cm³/mol. The van der Waals surface area contributed by atoms with Gasteiger partial charge in [0, 0.05) is 15.6 Å². The molecule has 5 aromatic rings. The average Bonchev–Trinajstić information content (AvgIpc) is 3.34. The molecule has 0 amide bonds. The molecule has 44 heavy (non-hydrogen) atoms. The molecule has 0 N–H and O–H groups in total. The lowest BCUT2D eigenvalue weighted by atomic mass is 9.83. The fourth-order valence-electron chi connectivity index (χ4n) is 5.82. The van der Waals surface area contributed by atoms with Gasteiger partial charge in [0.2, 0.25) is 0 Å². The zero-order valence-corrected chi connectivity index (χ0v) is 27.4. The molecule has 1 aromatic heterocycles. The molecule has 220 valence electrons. The van der Waals surface area contributed by atoms with Crippen LogP contribution in [0, 0.1) is 0 Å². The normalized spacial score (nSPS) is 15.7. The number of aryl methyl sites for hydroxylation is 1. The van der Waals surface area contributed by atoms with Crippen molar-refractivity contribution in [3.63, 3.8) is 0 Å². The van der Waals surface area contributed by atoms with Gasteiger partial charge in [-0.05, 0) is 99.1 Å². The number of nitrogens with zero attached hydrogens (tertiary/aromatic N) is 2. The Morgan fingerprint density at radius 3 is 2.48 bits per heavy atom. The van der Waals surface area contributed by atoms with E-state index in [1.165, 1.54) is 16.9 Å². The van der Waals surface area contributed by atoms with Crippen LogP contribution in [0.1, 0.15) is 40.3 Å². The lowest BCUT2D eigenvalue weighted by Gasteiger charge is -2.30. The van der Waals surface area contributed by atoms with Crippen LogP contribution in [0.25, 0.3) is 11.8 Å². The van der Waals surface area contributed by atoms with Crippen LogP contribution in [-0.4, -0.2) is 11.7 Å². The number of hydrogen-bond acceptors (Lipinski definition) is 5. The fourth-order valence-corrected chi connectivity index (χ4v) is 7.65. The Labute approximate surface area is 276 Å². The fraction of sp³-hybridized carbons (Fsp3) is 0.143. The van der Waals surface area contributed by atoms with Crippen molar-refractivity contribution in [2.24, 2.45) is 4.99 Å². The highest BCUT2D eigenvalue weighted by atomic mass is 79.9. The second kappa shape index (κ2) is 12.1. The Balaban J connectivity index is 1.32.